The van der Waals surface area contributed by atoms with Crippen molar-refractivity contribution in [2.45, 2.75) is 58.4 Å². The highest BCUT2D eigenvalue weighted by Crippen LogP contribution is 2.47. The summed E-state index contributed by atoms with van der Waals surface area (Å²) in [6.07, 6.45) is 6.53. The van der Waals surface area contributed by atoms with Crippen LogP contribution in [0.4, 0.5) is 0 Å². The summed E-state index contributed by atoms with van der Waals surface area (Å²) in [5, 5.41) is 3.01. The van der Waals surface area contributed by atoms with E-state index in [0.29, 0.717) is 5.92 Å². The molecule has 110 valence electrons. The molecule has 1 saturated carbocycles. The Labute approximate surface area is 121 Å². The average Bonchev–Trinajstić information content (AvgIpc) is 2.90. The molecule has 1 fully saturated rings. The molecule has 20 heavy (non-hydrogen) atoms. The monoisotopic (exact) mass is 275 g/mol. The van der Waals surface area contributed by atoms with E-state index in [0.717, 1.165) is 30.3 Å². The van der Waals surface area contributed by atoms with E-state index in [2.05, 4.69) is 19.2 Å². The molecule has 0 aromatic carbocycles. The van der Waals surface area contributed by atoms with Crippen molar-refractivity contribution in [1.29, 1.82) is 0 Å². The van der Waals surface area contributed by atoms with Gasteiger partial charge in [-0.15, -0.1) is 0 Å². The van der Waals surface area contributed by atoms with Crippen LogP contribution in [0.3, 0.4) is 0 Å². The molecule has 1 aliphatic carbocycles. The Morgan fingerprint density at radius 1 is 1.50 bits per heavy atom. The standard InChI is InChI=1S/C17H25NO2/c1-5-10-17(3,4)18-16(19)9-7-13-6-8-15(20-13)14-11-12(14)2/h6-9,12,14H,5,10-11H2,1-4H3,(H,18,19)/b9-7+. The van der Waals surface area contributed by atoms with Crippen LogP contribution in [-0.2, 0) is 4.79 Å². The first-order valence-electron chi connectivity index (χ1n) is 7.51. The number of amides is 1. The molecule has 2 rings (SSSR count). The van der Waals surface area contributed by atoms with Crippen molar-refractivity contribution in [1.82, 2.24) is 5.32 Å². The van der Waals surface area contributed by atoms with Gasteiger partial charge in [-0.05, 0) is 50.8 Å². The molecule has 0 saturated heterocycles. The minimum absolute atomic E-state index is 0.0683. The normalized spacial score (nSPS) is 22.2. The van der Waals surface area contributed by atoms with Crippen molar-refractivity contribution in [2.75, 3.05) is 0 Å². The lowest BCUT2D eigenvalue weighted by Crippen LogP contribution is -2.42. The number of furan rings is 1. The molecule has 2 unspecified atom stereocenters. The van der Waals surface area contributed by atoms with Crippen LogP contribution in [-0.4, -0.2) is 11.4 Å². The van der Waals surface area contributed by atoms with E-state index in [-0.39, 0.29) is 11.4 Å². The Hall–Kier alpha value is -1.51. The van der Waals surface area contributed by atoms with Crippen molar-refractivity contribution in [3.8, 4) is 0 Å². The van der Waals surface area contributed by atoms with Gasteiger partial charge < -0.3 is 9.73 Å². The van der Waals surface area contributed by atoms with Gasteiger partial charge in [0.15, 0.2) is 0 Å². The van der Waals surface area contributed by atoms with Gasteiger partial charge in [-0.25, -0.2) is 0 Å². The van der Waals surface area contributed by atoms with Crippen LogP contribution in [0.5, 0.6) is 0 Å². The Balaban J connectivity index is 1.89. The van der Waals surface area contributed by atoms with E-state index in [9.17, 15) is 4.79 Å². The van der Waals surface area contributed by atoms with Crippen LogP contribution < -0.4 is 5.32 Å². The summed E-state index contributed by atoms with van der Waals surface area (Å²) in [6.45, 7) is 8.43. The molecular formula is C17H25NO2. The summed E-state index contributed by atoms with van der Waals surface area (Å²) < 4.78 is 5.74. The largest absolute Gasteiger partial charge is 0.461 e. The van der Waals surface area contributed by atoms with Crippen molar-refractivity contribution in [3.63, 3.8) is 0 Å². The first kappa shape index (κ1) is 14.9. The Bertz CT molecular complexity index is 499. The number of carbonyl (C=O) groups excluding carboxylic acids is 1. The molecule has 1 heterocycles. The smallest absolute Gasteiger partial charge is 0.244 e. The maximum absolute atomic E-state index is 11.9. The molecule has 1 N–H and O–H groups in total. The zero-order chi connectivity index (χ0) is 14.8. The van der Waals surface area contributed by atoms with Gasteiger partial charge in [0.05, 0.1) is 0 Å². The van der Waals surface area contributed by atoms with E-state index >= 15 is 0 Å². The second kappa shape index (κ2) is 5.86. The second-order valence-corrected chi connectivity index (χ2v) is 6.52. The zero-order valence-corrected chi connectivity index (χ0v) is 12.9. The predicted octanol–water partition coefficient (Wildman–Crippen LogP) is 4.11. The number of hydrogen-bond acceptors (Lipinski definition) is 2. The fraction of sp³-hybridized carbons (Fsp3) is 0.588. The minimum Gasteiger partial charge on any atom is -0.461 e. The number of carbonyl (C=O) groups is 1. The molecule has 0 aliphatic heterocycles. The van der Waals surface area contributed by atoms with Gasteiger partial charge in [0, 0.05) is 17.5 Å². The fourth-order valence-corrected chi connectivity index (χ4v) is 2.60. The van der Waals surface area contributed by atoms with Crippen LogP contribution >= 0.6 is 0 Å². The minimum atomic E-state index is -0.159. The fourth-order valence-electron chi connectivity index (χ4n) is 2.60. The third-order valence-corrected chi connectivity index (χ3v) is 3.86. The third kappa shape index (κ3) is 3.99. The Kier molecular flexibility index (Phi) is 4.36. The average molecular weight is 275 g/mol. The highest BCUT2D eigenvalue weighted by Gasteiger charge is 2.36. The summed E-state index contributed by atoms with van der Waals surface area (Å²) in [6, 6.07) is 3.95. The number of hydrogen-bond donors (Lipinski definition) is 1. The number of nitrogens with one attached hydrogen (secondary N) is 1. The molecule has 1 aliphatic rings. The van der Waals surface area contributed by atoms with Crippen molar-refractivity contribution < 1.29 is 9.21 Å². The van der Waals surface area contributed by atoms with E-state index in [1.165, 1.54) is 6.42 Å². The van der Waals surface area contributed by atoms with E-state index in [1.54, 1.807) is 12.2 Å². The van der Waals surface area contributed by atoms with Gasteiger partial charge in [0.25, 0.3) is 0 Å². The lowest BCUT2D eigenvalue weighted by Gasteiger charge is -2.24. The summed E-state index contributed by atoms with van der Waals surface area (Å²) in [7, 11) is 0. The number of rotatable bonds is 6. The van der Waals surface area contributed by atoms with Crippen LogP contribution in [0, 0.1) is 5.92 Å². The van der Waals surface area contributed by atoms with Gasteiger partial charge in [-0.1, -0.05) is 20.3 Å². The molecule has 0 spiro atoms. The predicted molar refractivity (Wildman–Crippen MR) is 81.4 cm³/mol. The molecular weight excluding hydrogens is 250 g/mol. The maximum Gasteiger partial charge on any atom is 0.244 e. The van der Waals surface area contributed by atoms with Crippen LogP contribution in [0.25, 0.3) is 6.08 Å². The topological polar surface area (TPSA) is 42.2 Å². The van der Waals surface area contributed by atoms with Crippen LogP contribution in [0.15, 0.2) is 22.6 Å². The zero-order valence-electron chi connectivity index (χ0n) is 12.9. The maximum atomic E-state index is 11.9. The molecule has 3 nitrogen and oxygen atoms in total. The van der Waals surface area contributed by atoms with Crippen LogP contribution in [0.2, 0.25) is 0 Å². The molecule has 3 heteroatoms. The van der Waals surface area contributed by atoms with Gasteiger partial charge >= 0.3 is 0 Å². The summed E-state index contributed by atoms with van der Waals surface area (Å²) >= 11 is 0. The van der Waals surface area contributed by atoms with Gasteiger partial charge in [0.1, 0.15) is 11.5 Å². The van der Waals surface area contributed by atoms with E-state index in [1.807, 2.05) is 26.0 Å². The Morgan fingerprint density at radius 3 is 2.80 bits per heavy atom. The lowest BCUT2D eigenvalue weighted by atomic mass is 9.99. The first-order chi connectivity index (χ1) is 9.41. The quantitative estimate of drug-likeness (QED) is 0.794. The lowest BCUT2D eigenvalue weighted by molar-refractivity contribution is -0.118. The molecule has 1 aromatic rings. The van der Waals surface area contributed by atoms with Crippen LogP contribution in [0.1, 0.15) is 64.4 Å². The highest BCUT2D eigenvalue weighted by atomic mass is 16.3. The molecule has 0 bridgehead atoms. The van der Waals surface area contributed by atoms with Crippen molar-refractivity contribution in [2.24, 2.45) is 5.92 Å². The van der Waals surface area contributed by atoms with E-state index < -0.39 is 0 Å². The summed E-state index contributed by atoms with van der Waals surface area (Å²) in [4.78, 5) is 11.9. The summed E-state index contributed by atoms with van der Waals surface area (Å²) in [5.41, 5.74) is -0.159. The SMILES string of the molecule is CCCC(C)(C)NC(=O)/C=C/c1ccc(C2CC2C)o1. The van der Waals surface area contributed by atoms with Gasteiger partial charge in [-0.2, -0.15) is 0 Å². The highest BCUT2D eigenvalue weighted by molar-refractivity contribution is 5.91. The molecule has 2 atom stereocenters. The third-order valence-electron chi connectivity index (χ3n) is 3.86. The van der Waals surface area contributed by atoms with Gasteiger partial charge in [0.2, 0.25) is 5.91 Å². The van der Waals surface area contributed by atoms with E-state index in [4.69, 9.17) is 4.42 Å². The van der Waals surface area contributed by atoms with Crippen molar-refractivity contribution in [3.05, 3.63) is 29.7 Å². The van der Waals surface area contributed by atoms with Crippen molar-refractivity contribution >= 4 is 12.0 Å². The first-order valence-corrected chi connectivity index (χ1v) is 7.51. The second-order valence-electron chi connectivity index (χ2n) is 6.52. The van der Waals surface area contributed by atoms with Gasteiger partial charge in [-0.3, -0.25) is 4.79 Å². The summed E-state index contributed by atoms with van der Waals surface area (Å²) in [5.74, 6) is 3.04. The molecule has 1 amide bonds. The molecule has 0 radical (unpaired) electrons. The molecule has 1 aromatic heterocycles. The Morgan fingerprint density at radius 2 is 2.20 bits per heavy atom.